The summed E-state index contributed by atoms with van der Waals surface area (Å²) < 4.78 is 38.0. The molecular weight excluding hydrogens is 412 g/mol. The molecule has 0 radical (unpaired) electrons. The van der Waals surface area contributed by atoms with Gasteiger partial charge in [0.25, 0.3) is 0 Å². The molecule has 2 atom stereocenters. The maximum absolute atomic E-state index is 14.5. The van der Waals surface area contributed by atoms with E-state index in [9.17, 15) is 33.1 Å². The Kier molecular flexibility index (Phi) is 9.46. The summed E-state index contributed by atoms with van der Waals surface area (Å²) in [7, 11) is 0. The first-order chi connectivity index (χ1) is 14.0. The van der Waals surface area contributed by atoms with Gasteiger partial charge in [0.1, 0.15) is 11.9 Å². The largest absolute Gasteiger partial charge is 0.453 e. The van der Waals surface area contributed by atoms with Gasteiger partial charge in [-0.1, -0.05) is 19.8 Å². The minimum Gasteiger partial charge on any atom is -0.453 e. The fourth-order valence-electron chi connectivity index (χ4n) is 2.24. The number of aliphatic hydroxyl groups excluding tert-OH is 2. The zero-order valence-electron chi connectivity index (χ0n) is 16.3. The molecule has 0 aliphatic rings. The van der Waals surface area contributed by atoms with Gasteiger partial charge in [-0.2, -0.15) is 13.8 Å². The predicted molar refractivity (Wildman–Crippen MR) is 97.2 cm³/mol. The normalized spacial score (nSPS) is 13.3. The predicted octanol–water partition coefficient (Wildman–Crippen LogP) is 0.542. The Morgan fingerprint density at radius 2 is 2.00 bits per heavy atom. The van der Waals surface area contributed by atoms with Crippen LogP contribution >= 0.6 is 0 Å². The molecule has 0 saturated carbocycles. The molecule has 1 aromatic rings. The van der Waals surface area contributed by atoms with Crippen LogP contribution in [0.5, 0.6) is 0 Å². The Morgan fingerprint density at radius 3 is 2.53 bits per heavy atom. The maximum atomic E-state index is 14.5. The third-order valence-electron chi connectivity index (χ3n) is 3.71. The second-order valence-corrected chi connectivity index (χ2v) is 6.14. The lowest BCUT2D eigenvalue weighted by Crippen LogP contribution is -2.54. The number of carbonyl (C=O) groups is 3. The van der Waals surface area contributed by atoms with Crippen LogP contribution in [-0.4, -0.2) is 69.1 Å². The van der Waals surface area contributed by atoms with Crippen molar-refractivity contribution >= 4 is 23.8 Å². The number of nitrogens with zero attached hydrogens (tertiary/aromatic N) is 2. The van der Waals surface area contributed by atoms with Crippen LogP contribution in [0.3, 0.4) is 0 Å². The molecular formula is C17H23F2N3O8. The van der Waals surface area contributed by atoms with Crippen LogP contribution in [-0.2, 0) is 14.3 Å². The van der Waals surface area contributed by atoms with Crippen LogP contribution in [0.1, 0.15) is 37.9 Å². The van der Waals surface area contributed by atoms with Gasteiger partial charge in [-0.05, 0) is 12.5 Å². The second-order valence-electron chi connectivity index (χ2n) is 6.14. The highest BCUT2D eigenvalue weighted by molar-refractivity contribution is 5.87. The Balaban J connectivity index is 2.98. The first-order valence-corrected chi connectivity index (χ1v) is 8.96. The highest BCUT2D eigenvalue weighted by Gasteiger charge is 2.54. The van der Waals surface area contributed by atoms with Gasteiger partial charge in [0, 0.05) is 13.1 Å². The summed E-state index contributed by atoms with van der Waals surface area (Å²) in [6.45, 7) is 1.61. The Morgan fingerprint density at radius 1 is 1.33 bits per heavy atom. The number of hydrogen-bond donors (Lipinski definition) is 3. The van der Waals surface area contributed by atoms with Crippen molar-refractivity contribution in [2.45, 2.75) is 51.2 Å². The first-order valence-electron chi connectivity index (χ1n) is 8.96. The van der Waals surface area contributed by atoms with E-state index >= 15 is 0 Å². The van der Waals surface area contributed by atoms with Gasteiger partial charge in [0.05, 0.1) is 13.2 Å². The van der Waals surface area contributed by atoms with Crippen molar-refractivity contribution in [3.05, 3.63) is 22.7 Å². The molecule has 11 nitrogen and oxygen atoms in total. The minimum atomic E-state index is -4.58. The number of carbonyl (C=O) groups excluding carboxylic acids is 3. The highest BCUT2D eigenvalue weighted by atomic mass is 19.3. The van der Waals surface area contributed by atoms with Crippen molar-refractivity contribution in [2.75, 3.05) is 18.5 Å². The Labute approximate surface area is 169 Å². The van der Waals surface area contributed by atoms with Crippen LogP contribution in [0, 0.1) is 0 Å². The number of rotatable bonds is 10. The number of nitrogens with one attached hydrogen (secondary N) is 1. The molecule has 1 aromatic heterocycles. The van der Waals surface area contributed by atoms with Gasteiger partial charge in [-0.25, -0.2) is 14.2 Å². The molecule has 0 aliphatic carbocycles. The number of aromatic nitrogens is 2. The number of halogens is 2. The van der Waals surface area contributed by atoms with E-state index in [1.54, 1.807) is 0 Å². The summed E-state index contributed by atoms with van der Waals surface area (Å²) in [6.07, 6.45) is -2.95. The lowest BCUT2D eigenvalue weighted by molar-refractivity contribution is -0.182. The van der Waals surface area contributed by atoms with E-state index in [0.29, 0.717) is 12.6 Å². The van der Waals surface area contributed by atoms with Crippen LogP contribution in [0.15, 0.2) is 17.1 Å². The number of unbranched alkanes of at least 4 members (excludes halogenated alkanes) is 2. The van der Waals surface area contributed by atoms with Gasteiger partial charge < -0.3 is 19.7 Å². The first kappa shape index (κ1) is 25.1. The summed E-state index contributed by atoms with van der Waals surface area (Å²) >= 11 is 0. The molecule has 30 heavy (non-hydrogen) atoms. The number of alkyl halides is 2. The van der Waals surface area contributed by atoms with Crippen LogP contribution in [0.2, 0.25) is 0 Å². The van der Waals surface area contributed by atoms with E-state index in [1.807, 2.05) is 6.92 Å². The molecule has 1 rings (SSSR count). The standard InChI is InChI=1S/C17H23F2N3O8/c1-3-4-5-8-29-16(28)21-12-6-7-22(15(27)20-12)14(26)17(18,19)13(11(25)9-23)30-10(2)24/h6-7,11,13,23,25H,3-5,8-9H2,1-2H3,(H,20,21,27,28)/t11-,13-/m1/s1. The zero-order valence-corrected chi connectivity index (χ0v) is 16.3. The zero-order chi connectivity index (χ0) is 22.9. The van der Waals surface area contributed by atoms with Crippen molar-refractivity contribution in [2.24, 2.45) is 0 Å². The number of hydrogen-bond acceptors (Lipinski definition) is 9. The molecule has 0 fully saturated rings. The quantitative estimate of drug-likeness (QED) is 0.352. The smallest absolute Gasteiger partial charge is 0.412 e. The molecule has 168 valence electrons. The fourth-order valence-corrected chi connectivity index (χ4v) is 2.24. The average molecular weight is 435 g/mol. The average Bonchev–Trinajstić information content (AvgIpc) is 2.68. The van der Waals surface area contributed by atoms with Crippen LogP contribution in [0.4, 0.5) is 19.4 Å². The fraction of sp³-hybridized carbons (Fsp3) is 0.588. The minimum absolute atomic E-state index is 0.0850. The molecule has 1 amide bonds. The summed E-state index contributed by atoms with van der Waals surface area (Å²) in [5.41, 5.74) is -1.47. The lowest BCUT2D eigenvalue weighted by Gasteiger charge is -2.28. The Bertz CT molecular complexity index is 814. The number of aliphatic hydroxyl groups is 2. The van der Waals surface area contributed by atoms with Gasteiger partial charge in [0.2, 0.25) is 6.10 Å². The number of anilines is 1. The van der Waals surface area contributed by atoms with E-state index in [1.165, 1.54) is 0 Å². The summed E-state index contributed by atoms with van der Waals surface area (Å²) in [4.78, 5) is 50.0. The van der Waals surface area contributed by atoms with Crippen molar-refractivity contribution in [3.8, 4) is 0 Å². The molecule has 0 aromatic carbocycles. The monoisotopic (exact) mass is 435 g/mol. The highest BCUT2D eigenvalue weighted by Crippen LogP contribution is 2.26. The van der Waals surface area contributed by atoms with Gasteiger partial charge >= 0.3 is 29.6 Å². The topological polar surface area (TPSA) is 157 Å². The molecule has 0 aliphatic heterocycles. The van der Waals surface area contributed by atoms with Gasteiger partial charge in [-0.3, -0.25) is 14.9 Å². The number of ether oxygens (including phenoxy) is 2. The Hall–Kier alpha value is -2.93. The second kappa shape index (κ2) is 11.3. The number of amides is 1. The lowest BCUT2D eigenvalue weighted by atomic mass is 10.1. The van der Waals surface area contributed by atoms with Crippen molar-refractivity contribution in [1.29, 1.82) is 0 Å². The van der Waals surface area contributed by atoms with Crippen LogP contribution in [0.25, 0.3) is 0 Å². The van der Waals surface area contributed by atoms with E-state index in [2.05, 4.69) is 15.0 Å². The third kappa shape index (κ3) is 6.84. The molecule has 1 heterocycles. The maximum Gasteiger partial charge on any atom is 0.412 e. The van der Waals surface area contributed by atoms with Gasteiger partial charge in [-0.15, -0.1) is 0 Å². The third-order valence-corrected chi connectivity index (χ3v) is 3.71. The van der Waals surface area contributed by atoms with Crippen molar-refractivity contribution < 1.29 is 42.9 Å². The van der Waals surface area contributed by atoms with E-state index < -0.39 is 48.4 Å². The summed E-state index contributed by atoms with van der Waals surface area (Å²) in [6, 6.07) is 0.895. The van der Waals surface area contributed by atoms with Crippen molar-refractivity contribution in [1.82, 2.24) is 9.55 Å². The van der Waals surface area contributed by atoms with E-state index in [-0.39, 0.29) is 17.0 Å². The molecule has 13 heteroatoms. The molecule has 0 bridgehead atoms. The van der Waals surface area contributed by atoms with Crippen LogP contribution < -0.4 is 11.0 Å². The number of esters is 1. The van der Waals surface area contributed by atoms with E-state index in [4.69, 9.17) is 9.84 Å². The summed E-state index contributed by atoms with van der Waals surface area (Å²) in [5.74, 6) is -8.33. The SMILES string of the molecule is CCCCCOC(=O)Nc1ccn(C(=O)C(F)(F)[C@H](OC(C)=O)[C@H](O)CO)c(=O)n1. The molecule has 3 N–H and O–H groups in total. The van der Waals surface area contributed by atoms with E-state index in [0.717, 1.165) is 25.8 Å². The molecule has 0 saturated heterocycles. The summed E-state index contributed by atoms with van der Waals surface area (Å²) in [5, 5.41) is 20.5. The van der Waals surface area contributed by atoms with Crippen molar-refractivity contribution in [3.63, 3.8) is 0 Å². The van der Waals surface area contributed by atoms with Gasteiger partial charge in [0.15, 0.2) is 0 Å². The molecule has 0 spiro atoms. The molecule has 0 unspecified atom stereocenters.